The molecule has 1 amide bonds. The molecule has 1 saturated heterocycles. The lowest BCUT2D eigenvalue weighted by molar-refractivity contribution is -0.121. The van der Waals surface area contributed by atoms with E-state index in [-0.39, 0.29) is 30.7 Å². The van der Waals surface area contributed by atoms with E-state index in [2.05, 4.69) is 34.7 Å². The van der Waals surface area contributed by atoms with Gasteiger partial charge in [-0.2, -0.15) is 0 Å². The second-order valence-electron chi connectivity index (χ2n) is 7.01. The van der Waals surface area contributed by atoms with E-state index >= 15 is 0 Å². The molecule has 1 aromatic heterocycles. The first kappa shape index (κ1) is 25.7. The zero-order valence-corrected chi connectivity index (χ0v) is 18.3. The minimum atomic E-state index is 0. The van der Waals surface area contributed by atoms with Crippen LogP contribution in [0.4, 0.5) is 0 Å². The summed E-state index contributed by atoms with van der Waals surface area (Å²) in [5.41, 5.74) is 5.49. The lowest BCUT2D eigenvalue weighted by Gasteiger charge is -2.36. The van der Waals surface area contributed by atoms with Crippen LogP contribution in [0.1, 0.15) is 62.8 Å². The molecule has 3 N–H and O–H groups in total. The number of carbonyl (C=O) groups is 1. The van der Waals surface area contributed by atoms with Crippen molar-refractivity contribution in [3.05, 3.63) is 22.4 Å². The fourth-order valence-electron chi connectivity index (χ4n) is 3.31. The quantitative estimate of drug-likeness (QED) is 0.548. The van der Waals surface area contributed by atoms with Gasteiger partial charge in [0.15, 0.2) is 0 Å². The van der Waals surface area contributed by atoms with Crippen molar-refractivity contribution in [2.75, 3.05) is 26.2 Å². The van der Waals surface area contributed by atoms with Gasteiger partial charge < -0.3 is 11.1 Å². The Kier molecular flexibility index (Phi) is 14.5. The highest BCUT2D eigenvalue weighted by atomic mass is 35.5. The van der Waals surface area contributed by atoms with E-state index in [1.165, 1.54) is 17.7 Å². The van der Waals surface area contributed by atoms with Gasteiger partial charge in [0, 0.05) is 17.8 Å². The first-order valence-electron chi connectivity index (χ1n) is 9.45. The Morgan fingerprint density at radius 3 is 2.58 bits per heavy atom. The molecule has 0 aromatic carbocycles. The number of carbonyl (C=O) groups excluding carboxylic acids is 1. The number of nitrogens with two attached hydrogens (primary N) is 1. The molecule has 0 bridgehead atoms. The number of likely N-dealkylation sites (tertiary alicyclic amines) is 1. The van der Waals surface area contributed by atoms with Crippen LogP contribution in [0, 0.1) is 5.92 Å². The summed E-state index contributed by atoms with van der Waals surface area (Å²) < 4.78 is 0. The molecular formula is C19H35Cl2N3OS. The van der Waals surface area contributed by atoms with E-state index in [9.17, 15) is 4.79 Å². The monoisotopic (exact) mass is 423 g/mol. The third-order valence-corrected chi connectivity index (χ3v) is 5.95. The minimum Gasteiger partial charge on any atom is -0.354 e. The predicted molar refractivity (Wildman–Crippen MR) is 117 cm³/mol. The fraction of sp³-hybridized carbons (Fsp3) is 0.737. The average Bonchev–Trinajstić information content (AvgIpc) is 3.11. The highest BCUT2D eigenvalue weighted by Gasteiger charge is 2.25. The third kappa shape index (κ3) is 9.05. The Labute approximate surface area is 175 Å². The highest BCUT2D eigenvalue weighted by molar-refractivity contribution is 7.10. The molecule has 2 heterocycles. The lowest BCUT2D eigenvalue weighted by atomic mass is 9.97. The Balaban J connectivity index is 0.00000312. The summed E-state index contributed by atoms with van der Waals surface area (Å²) in [5, 5.41) is 5.30. The van der Waals surface area contributed by atoms with Crippen molar-refractivity contribution in [3.63, 3.8) is 0 Å². The van der Waals surface area contributed by atoms with E-state index in [0.717, 1.165) is 57.8 Å². The summed E-state index contributed by atoms with van der Waals surface area (Å²) in [5.74, 6) is 1.02. The van der Waals surface area contributed by atoms with Gasteiger partial charge in [-0.3, -0.25) is 9.69 Å². The third-order valence-electron chi connectivity index (χ3n) is 4.98. The van der Waals surface area contributed by atoms with Gasteiger partial charge in [0.1, 0.15) is 0 Å². The molecule has 1 aliphatic rings. The summed E-state index contributed by atoms with van der Waals surface area (Å²) >= 11 is 1.80. The number of rotatable bonds is 10. The fourth-order valence-corrected chi connectivity index (χ4v) is 4.17. The molecule has 7 heteroatoms. The van der Waals surface area contributed by atoms with E-state index in [1.807, 2.05) is 0 Å². The normalized spacial score (nSPS) is 16.4. The number of nitrogens with one attached hydrogen (secondary N) is 1. The average molecular weight is 424 g/mol. The Hall–Kier alpha value is -0.330. The number of unbranched alkanes of at least 4 members (excludes halogenated alkanes) is 3. The van der Waals surface area contributed by atoms with Crippen molar-refractivity contribution in [2.45, 2.75) is 57.9 Å². The van der Waals surface area contributed by atoms with Crippen LogP contribution in [-0.4, -0.2) is 37.0 Å². The molecule has 1 aromatic rings. The van der Waals surface area contributed by atoms with E-state index in [0.29, 0.717) is 12.5 Å². The molecule has 0 aliphatic carbocycles. The zero-order chi connectivity index (χ0) is 17.2. The molecule has 26 heavy (non-hydrogen) atoms. The number of nitrogens with zero attached hydrogens (tertiary/aromatic N) is 1. The maximum Gasteiger partial charge on any atom is 0.220 e. The molecule has 0 spiro atoms. The van der Waals surface area contributed by atoms with Gasteiger partial charge in [0.25, 0.3) is 0 Å². The number of halogens is 2. The minimum absolute atomic E-state index is 0. The second kappa shape index (κ2) is 14.7. The zero-order valence-electron chi connectivity index (χ0n) is 15.8. The molecule has 0 saturated carbocycles. The number of hydrogen-bond donors (Lipinski definition) is 2. The lowest BCUT2D eigenvalue weighted by Crippen LogP contribution is -2.41. The van der Waals surface area contributed by atoms with Crippen molar-refractivity contribution in [2.24, 2.45) is 11.7 Å². The van der Waals surface area contributed by atoms with Crippen LogP contribution < -0.4 is 11.1 Å². The predicted octanol–water partition coefficient (Wildman–Crippen LogP) is 4.39. The highest BCUT2D eigenvalue weighted by Crippen LogP contribution is 2.29. The summed E-state index contributed by atoms with van der Waals surface area (Å²) in [6.45, 7) is 6.10. The molecule has 0 radical (unpaired) electrons. The van der Waals surface area contributed by atoms with Crippen LogP contribution in [-0.2, 0) is 4.79 Å². The van der Waals surface area contributed by atoms with Crippen LogP contribution in [0.5, 0.6) is 0 Å². The second-order valence-corrected chi connectivity index (χ2v) is 7.99. The maximum absolute atomic E-state index is 12.1. The van der Waals surface area contributed by atoms with Gasteiger partial charge in [-0.05, 0) is 62.7 Å². The van der Waals surface area contributed by atoms with Gasteiger partial charge in [0.2, 0.25) is 5.91 Å². The van der Waals surface area contributed by atoms with Crippen molar-refractivity contribution in [3.8, 4) is 0 Å². The Bertz CT molecular complexity index is 465. The molecule has 152 valence electrons. The largest absolute Gasteiger partial charge is 0.354 e. The van der Waals surface area contributed by atoms with E-state index < -0.39 is 0 Å². The van der Waals surface area contributed by atoms with Crippen LogP contribution >= 0.6 is 36.2 Å². The van der Waals surface area contributed by atoms with Crippen LogP contribution in [0.3, 0.4) is 0 Å². The smallest absolute Gasteiger partial charge is 0.220 e. The first-order valence-corrected chi connectivity index (χ1v) is 10.3. The van der Waals surface area contributed by atoms with Gasteiger partial charge >= 0.3 is 0 Å². The molecule has 1 atom stereocenters. The Morgan fingerprint density at radius 2 is 1.96 bits per heavy atom. The number of thiophene rings is 1. The van der Waals surface area contributed by atoms with Gasteiger partial charge in [-0.25, -0.2) is 0 Å². The summed E-state index contributed by atoms with van der Waals surface area (Å²) in [7, 11) is 0. The topological polar surface area (TPSA) is 58.4 Å². The molecule has 1 fully saturated rings. The van der Waals surface area contributed by atoms with Crippen molar-refractivity contribution in [1.29, 1.82) is 0 Å². The molecule has 1 aliphatic heterocycles. The van der Waals surface area contributed by atoms with Crippen LogP contribution in [0.25, 0.3) is 0 Å². The summed E-state index contributed by atoms with van der Waals surface area (Å²) in [4.78, 5) is 16.1. The first-order chi connectivity index (χ1) is 11.7. The van der Waals surface area contributed by atoms with Crippen molar-refractivity contribution >= 4 is 42.1 Å². The van der Waals surface area contributed by atoms with Crippen molar-refractivity contribution < 1.29 is 4.79 Å². The number of hydrogen-bond acceptors (Lipinski definition) is 4. The maximum atomic E-state index is 12.1. The summed E-state index contributed by atoms with van der Waals surface area (Å²) in [6, 6.07) is 4.64. The van der Waals surface area contributed by atoms with Crippen molar-refractivity contribution in [1.82, 2.24) is 10.2 Å². The van der Waals surface area contributed by atoms with Crippen LogP contribution in [0.15, 0.2) is 17.5 Å². The van der Waals surface area contributed by atoms with Gasteiger partial charge in [0.05, 0.1) is 6.04 Å². The van der Waals surface area contributed by atoms with Crippen LogP contribution in [0.2, 0.25) is 0 Å². The van der Waals surface area contributed by atoms with E-state index in [1.54, 1.807) is 11.3 Å². The number of amides is 1. The molecule has 1 unspecified atom stereocenters. The van der Waals surface area contributed by atoms with Gasteiger partial charge in [-0.1, -0.05) is 25.8 Å². The summed E-state index contributed by atoms with van der Waals surface area (Å²) in [6.07, 6.45) is 7.43. The van der Waals surface area contributed by atoms with Gasteiger partial charge in [-0.15, -0.1) is 36.2 Å². The molecule has 4 nitrogen and oxygen atoms in total. The molecular weight excluding hydrogens is 389 g/mol. The SMILES string of the molecule is CC1CCN(C(CNC(=O)CCCCCCN)c2cccs2)CC1.Cl.Cl. The van der Waals surface area contributed by atoms with E-state index in [4.69, 9.17) is 5.73 Å². The standard InChI is InChI=1S/C19H33N3OS.2ClH/c1-16-9-12-22(13-10-16)17(18-7-6-14-24-18)15-21-19(23)8-4-2-3-5-11-20;;/h6-7,14,16-17H,2-5,8-13,15,20H2,1H3,(H,21,23);2*1H. The molecule has 2 rings (SSSR count). The number of piperidine rings is 1. The Morgan fingerprint density at radius 1 is 1.27 bits per heavy atom.